The number of hydrogen-bond acceptors (Lipinski definition) is 4. The topological polar surface area (TPSA) is 86.7 Å². The lowest BCUT2D eigenvalue weighted by Crippen LogP contribution is -2.48. The van der Waals surface area contributed by atoms with E-state index in [1.807, 2.05) is 0 Å². The lowest BCUT2D eigenvalue weighted by atomic mass is 9.99. The van der Waals surface area contributed by atoms with E-state index in [1.165, 1.54) is 11.2 Å². The third kappa shape index (κ3) is 4.15. The van der Waals surface area contributed by atoms with Gasteiger partial charge in [-0.3, -0.25) is 4.79 Å². The van der Waals surface area contributed by atoms with Gasteiger partial charge < -0.3 is 10.4 Å². The minimum Gasteiger partial charge on any atom is -0.480 e. The van der Waals surface area contributed by atoms with Crippen molar-refractivity contribution in [3.63, 3.8) is 0 Å². The lowest BCUT2D eigenvalue weighted by molar-refractivity contribution is -0.136. The summed E-state index contributed by atoms with van der Waals surface area (Å²) in [5.74, 6) is -1.04. The lowest BCUT2D eigenvalue weighted by Gasteiger charge is -2.33. The Kier molecular flexibility index (Phi) is 5.76. The van der Waals surface area contributed by atoms with Gasteiger partial charge in [0.2, 0.25) is 10.0 Å². The summed E-state index contributed by atoms with van der Waals surface area (Å²) in [6, 6.07) is -0.228. The van der Waals surface area contributed by atoms with Gasteiger partial charge in [-0.1, -0.05) is 0 Å². The van der Waals surface area contributed by atoms with Crippen LogP contribution in [0.2, 0.25) is 0 Å². The Labute approximate surface area is 115 Å². The molecule has 0 aromatic carbocycles. The number of carboxylic acid groups (broad SMARTS) is 1. The first kappa shape index (κ1) is 16.4. The van der Waals surface area contributed by atoms with Crippen LogP contribution in [0.15, 0.2) is 0 Å². The van der Waals surface area contributed by atoms with Gasteiger partial charge in [0.15, 0.2) is 5.25 Å². The molecule has 2 unspecified atom stereocenters. The number of rotatable bonds is 6. The Morgan fingerprint density at radius 3 is 2.47 bits per heavy atom. The Morgan fingerprint density at radius 2 is 2.05 bits per heavy atom. The fraction of sp³-hybridized carbons (Fsp3) is 0.917. The van der Waals surface area contributed by atoms with Crippen molar-refractivity contribution in [3.8, 4) is 0 Å². The van der Waals surface area contributed by atoms with Crippen LogP contribution in [0.1, 0.15) is 33.6 Å². The normalized spacial score (nSPS) is 22.7. The van der Waals surface area contributed by atoms with Gasteiger partial charge >= 0.3 is 5.97 Å². The Balaban J connectivity index is 2.84. The average molecular weight is 292 g/mol. The molecule has 1 aliphatic heterocycles. The van der Waals surface area contributed by atoms with Gasteiger partial charge in [0.1, 0.15) is 0 Å². The number of aliphatic carboxylic acids is 1. The molecule has 0 saturated carbocycles. The zero-order valence-electron chi connectivity index (χ0n) is 11.8. The van der Waals surface area contributed by atoms with Gasteiger partial charge in [-0.15, -0.1) is 0 Å². The van der Waals surface area contributed by atoms with E-state index in [0.717, 1.165) is 25.9 Å². The summed E-state index contributed by atoms with van der Waals surface area (Å²) >= 11 is 0. The molecule has 0 spiro atoms. The van der Waals surface area contributed by atoms with Crippen molar-refractivity contribution in [2.75, 3.05) is 19.6 Å². The van der Waals surface area contributed by atoms with E-state index in [2.05, 4.69) is 5.32 Å². The first-order valence-electron chi connectivity index (χ1n) is 6.71. The summed E-state index contributed by atoms with van der Waals surface area (Å²) in [7, 11) is -3.79. The first-order chi connectivity index (χ1) is 8.76. The third-order valence-electron chi connectivity index (χ3n) is 3.53. The van der Waals surface area contributed by atoms with E-state index < -0.39 is 21.2 Å². The largest absolute Gasteiger partial charge is 0.480 e. The number of nitrogens with one attached hydrogen (secondary N) is 1. The molecule has 1 heterocycles. The van der Waals surface area contributed by atoms with Gasteiger partial charge in [-0.2, -0.15) is 4.31 Å². The molecular formula is C12H24N2O4S. The molecule has 0 aromatic heterocycles. The zero-order valence-corrected chi connectivity index (χ0v) is 12.6. The van der Waals surface area contributed by atoms with E-state index in [4.69, 9.17) is 5.11 Å². The van der Waals surface area contributed by atoms with E-state index in [-0.39, 0.29) is 12.0 Å². The summed E-state index contributed by atoms with van der Waals surface area (Å²) in [6.45, 7) is 6.94. The molecule has 0 radical (unpaired) electrons. The highest BCUT2D eigenvalue weighted by molar-refractivity contribution is 7.90. The fourth-order valence-corrected chi connectivity index (χ4v) is 3.94. The number of carboxylic acids is 1. The van der Waals surface area contributed by atoms with Crippen molar-refractivity contribution in [3.05, 3.63) is 0 Å². The van der Waals surface area contributed by atoms with Crippen LogP contribution in [-0.2, 0) is 14.8 Å². The number of nitrogens with zero attached hydrogens (tertiary/aromatic N) is 1. The smallest absolute Gasteiger partial charge is 0.323 e. The summed E-state index contributed by atoms with van der Waals surface area (Å²) < 4.78 is 26.0. The molecule has 6 nitrogen and oxygen atoms in total. The van der Waals surface area contributed by atoms with E-state index in [0.29, 0.717) is 6.54 Å². The molecule has 1 saturated heterocycles. The highest BCUT2D eigenvalue weighted by Gasteiger charge is 2.36. The monoisotopic (exact) mass is 292 g/mol. The Morgan fingerprint density at radius 1 is 1.42 bits per heavy atom. The Bertz CT molecular complexity index is 402. The molecule has 0 aromatic rings. The van der Waals surface area contributed by atoms with Crippen LogP contribution < -0.4 is 5.32 Å². The highest BCUT2D eigenvalue weighted by Crippen LogP contribution is 2.19. The molecule has 19 heavy (non-hydrogen) atoms. The molecule has 0 bridgehead atoms. The molecule has 1 rings (SSSR count). The Hall–Kier alpha value is -0.660. The van der Waals surface area contributed by atoms with Crippen LogP contribution in [0.4, 0.5) is 0 Å². The second kappa shape index (κ2) is 6.67. The van der Waals surface area contributed by atoms with Crippen LogP contribution in [0.3, 0.4) is 0 Å². The summed E-state index contributed by atoms with van der Waals surface area (Å²) in [6.07, 6.45) is 2.01. The highest BCUT2D eigenvalue weighted by atomic mass is 32.2. The second-order valence-corrected chi connectivity index (χ2v) is 7.61. The predicted molar refractivity (Wildman–Crippen MR) is 73.5 cm³/mol. The maximum absolute atomic E-state index is 12.3. The SMILES string of the molecule is CC(C)N(CC1CCCNC1)S(=O)(=O)C(C)C(=O)O. The standard InChI is InChI=1S/C12H24N2O4S/c1-9(2)14(8-11-5-4-6-13-7-11)19(17,18)10(3)12(15)16/h9-11,13H,4-8H2,1-3H3,(H,15,16). The van der Waals surface area contributed by atoms with Crippen molar-refractivity contribution in [1.82, 2.24) is 9.62 Å². The molecule has 0 amide bonds. The third-order valence-corrected chi connectivity index (χ3v) is 5.85. The van der Waals surface area contributed by atoms with Crippen LogP contribution in [0.25, 0.3) is 0 Å². The van der Waals surface area contributed by atoms with Gasteiger partial charge in [0, 0.05) is 12.6 Å². The van der Waals surface area contributed by atoms with E-state index in [9.17, 15) is 13.2 Å². The molecule has 2 N–H and O–H groups in total. The quantitative estimate of drug-likeness (QED) is 0.744. The minimum absolute atomic E-state index is 0.228. The molecular weight excluding hydrogens is 268 g/mol. The van der Waals surface area contributed by atoms with Gasteiger partial charge in [0.25, 0.3) is 0 Å². The number of carbonyl (C=O) groups is 1. The van der Waals surface area contributed by atoms with Crippen molar-refractivity contribution in [2.24, 2.45) is 5.92 Å². The summed E-state index contributed by atoms with van der Waals surface area (Å²) in [5.41, 5.74) is 0. The maximum atomic E-state index is 12.3. The summed E-state index contributed by atoms with van der Waals surface area (Å²) in [4.78, 5) is 10.9. The van der Waals surface area contributed by atoms with Crippen LogP contribution in [-0.4, -0.2) is 54.7 Å². The molecule has 2 atom stereocenters. The first-order valence-corrected chi connectivity index (χ1v) is 8.21. The fourth-order valence-electron chi connectivity index (χ4n) is 2.27. The van der Waals surface area contributed by atoms with E-state index in [1.54, 1.807) is 13.8 Å². The zero-order chi connectivity index (χ0) is 14.6. The molecule has 1 fully saturated rings. The van der Waals surface area contributed by atoms with E-state index >= 15 is 0 Å². The second-order valence-electron chi connectivity index (χ2n) is 5.40. The molecule has 0 aliphatic carbocycles. The minimum atomic E-state index is -3.79. The van der Waals surface area contributed by atoms with Gasteiger partial charge in [0.05, 0.1) is 0 Å². The van der Waals surface area contributed by atoms with Crippen LogP contribution >= 0.6 is 0 Å². The number of hydrogen-bond donors (Lipinski definition) is 2. The maximum Gasteiger partial charge on any atom is 0.323 e. The van der Waals surface area contributed by atoms with Crippen molar-refractivity contribution in [2.45, 2.75) is 44.9 Å². The molecule has 7 heteroatoms. The molecule has 1 aliphatic rings. The predicted octanol–water partition coefficient (Wildman–Crippen LogP) is 0.499. The van der Waals surface area contributed by atoms with Gasteiger partial charge in [-0.05, 0) is 52.6 Å². The van der Waals surface area contributed by atoms with Crippen molar-refractivity contribution in [1.29, 1.82) is 0 Å². The number of sulfonamides is 1. The van der Waals surface area contributed by atoms with Gasteiger partial charge in [-0.25, -0.2) is 8.42 Å². The van der Waals surface area contributed by atoms with Crippen LogP contribution in [0, 0.1) is 5.92 Å². The van der Waals surface area contributed by atoms with Crippen molar-refractivity contribution >= 4 is 16.0 Å². The number of piperidine rings is 1. The average Bonchev–Trinajstić information content (AvgIpc) is 2.35. The van der Waals surface area contributed by atoms with Crippen LogP contribution in [0.5, 0.6) is 0 Å². The summed E-state index contributed by atoms with van der Waals surface area (Å²) in [5, 5.41) is 10.8. The molecule has 112 valence electrons. The van der Waals surface area contributed by atoms with Crippen molar-refractivity contribution < 1.29 is 18.3 Å².